The van der Waals surface area contributed by atoms with Crippen LogP contribution in [-0.4, -0.2) is 35.4 Å². The molecule has 27 heavy (non-hydrogen) atoms. The molecule has 0 spiro atoms. The van der Waals surface area contributed by atoms with Crippen LogP contribution in [0.25, 0.3) is 5.76 Å². The number of hydrogen-bond acceptors (Lipinski definition) is 4. The van der Waals surface area contributed by atoms with Crippen molar-refractivity contribution in [2.24, 2.45) is 0 Å². The molecule has 1 saturated heterocycles. The van der Waals surface area contributed by atoms with E-state index in [0.717, 1.165) is 4.47 Å². The molecule has 1 fully saturated rings. The van der Waals surface area contributed by atoms with Crippen LogP contribution in [0.2, 0.25) is 0 Å². The van der Waals surface area contributed by atoms with E-state index in [2.05, 4.69) is 22.5 Å². The van der Waals surface area contributed by atoms with Crippen LogP contribution >= 0.6 is 15.9 Å². The Bertz CT molecular complexity index is 916. The maximum Gasteiger partial charge on any atom is 0.295 e. The molecule has 0 aromatic heterocycles. The lowest BCUT2D eigenvalue weighted by molar-refractivity contribution is -0.139. The molecule has 3 rings (SSSR count). The number of methoxy groups -OCH3 is 1. The number of carbonyl (C=O) groups excluding carboxylic acids is 2. The smallest absolute Gasteiger partial charge is 0.295 e. The molecule has 1 aliphatic heterocycles. The minimum Gasteiger partial charge on any atom is -0.507 e. The van der Waals surface area contributed by atoms with Gasteiger partial charge in [-0.25, -0.2) is 0 Å². The number of rotatable bonds is 5. The van der Waals surface area contributed by atoms with Crippen molar-refractivity contribution in [3.8, 4) is 5.75 Å². The number of nitrogens with zero attached hydrogens (tertiary/aromatic N) is 1. The van der Waals surface area contributed by atoms with Crippen molar-refractivity contribution in [2.45, 2.75) is 6.04 Å². The summed E-state index contributed by atoms with van der Waals surface area (Å²) in [6, 6.07) is 13.3. The molecule has 0 unspecified atom stereocenters. The van der Waals surface area contributed by atoms with Crippen LogP contribution < -0.4 is 4.74 Å². The van der Waals surface area contributed by atoms with Gasteiger partial charge in [-0.1, -0.05) is 46.3 Å². The maximum absolute atomic E-state index is 12.7. The fraction of sp³-hybridized carbons (Fsp3) is 0.143. The summed E-state index contributed by atoms with van der Waals surface area (Å²) in [5.41, 5.74) is 1.23. The summed E-state index contributed by atoms with van der Waals surface area (Å²) in [7, 11) is 1.56. The topological polar surface area (TPSA) is 66.8 Å². The van der Waals surface area contributed by atoms with Crippen LogP contribution in [0.3, 0.4) is 0 Å². The first-order chi connectivity index (χ1) is 13.0. The minimum atomic E-state index is -0.710. The molecule has 0 aliphatic carbocycles. The van der Waals surface area contributed by atoms with Gasteiger partial charge in [0.1, 0.15) is 11.5 Å². The van der Waals surface area contributed by atoms with E-state index in [4.69, 9.17) is 4.74 Å². The summed E-state index contributed by atoms with van der Waals surface area (Å²) in [5, 5.41) is 10.8. The number of aliphatic hydroxyl groups excluding tert-OH is 1. The summed E-state index contributed by atoms with van der Waals surface area (Å²) in [6.45, 7) is 3.86. The Morgan fingerprint density at radius 1 is 1.19 bits per heavy atom. The lowest BCUT2D eigenvalue weighted by Crippen LogP contribution is -2.29. The molecular weight excluding hydrogens is 410 g/mol. The van der Waals surface area contributed by atoms with Crippen molar-refractivity contribution in [3.05, 3.63) is 82.4 Å². The summed E-state index contributed by atoms with van der Waals surface area (Å²) in [4.78, 5) is 26.7. The van der Waals surface area contributed by atoms with E-state index < -0.39 is 17.7 Å². The number of amides is 1. The molecule has 1 N–H and O–H groups in total. The molecule has 0 bridgehead atoms. The number of aliphatic hydroxyl groups is 1. The molecule has 2 aromatic carbocycles. The van der Waals surface area contributed by atoms with Crippen molar-refractivity contribution in [1.29, 1.82) is 0 Å². The molecule has 1 amide bonds. The third-order valence-corrected chi connectivity index (χ3v) is 4.94. The Morgan fingerprint density at radius 2 is 1.81 bits per heavy atom. The Balaban J connectivity index is 2.16. The van der Waals surface area contributed by atoms with Gasteiger partial charge in [-0.05, 0) is 29.8 Å². The second-order valence-electron chi connectivity index (χ2n) is 6.02. The van der Waals surface area contributed by atoms with Gasteiger partial charge in [-0.3, -0.25) is 9.59 Å². The second-order valence-corrected chi connectivity index (χ2v) is 6.94. The zero-order valence-corrected chi connectivity index (χ0v) is 16.3. The van der Waals surface area contributed by atoms with Gasteiger partial charge in [0.15, 0.2) is 0 Å². The average molecular weight is 428 g/mol. The van der Waals surface area contributed by atoms with Crippen LogP contribution in [-0.2, 0) is 9.59 Å². The van der Waals surface area contributed by atoms with Gasteiger partial charge in [0, 0.05) is 16.6 Å². The molecule has 5 nitrogen and oxygen atoms in total. The van der Waals surface area contributed by atoms with Gasteiger partial charge in [0.2, 0.25) is 0 Å². The fourth-order valence-corrected chi connectivity index (χ4v) is 3.37. The zero-order chi connectivity index (χ0) is 19.6. The number of Topliss-reactive ketones (excluding diaryl/α,β-unsaturated/α-hetero) is 1. The molecule has 138 valence electrons. The molecule has 1 aliphatic rings. The van der Waals surface area contributed by atoms with Gasteiger partial charge >= 0.3 is 0 Å². The Labute approximate surface area is 165 Å². The zero-order valence-electron chi connectivity index (χ0n) is 14.7. The van der Waals surface area contributed by atoms with Crippen molar-refractivity contribution in [1.82, 2.24) is 4.90 Å². The van der Waals surface area contributed by atoms with Crippen LogP contribution in [0.4, 0.5) is 0 Å². The highest BCUT2D eigenvalue weighted by molar-refractivity contribution is 9.10. The van der Waals surface area contributed by atoms with Gasteiger partial charge < -0.3 is 14.7 Å². The summed E-state index contributed by atoms with van der Waals surface area (Å²) >= 11 is 3.34. The first-order valence-corrected chi connectivity index (χ1v) is 9.06. The largest absolute Gasteiger partial charge is 0.507 e. The van der Waals surface area contributed by atoms with Gasteiger partial charge in [-0.2, -0.15) is 0 Å². The van der Waals surface area contributed by atoms with Crippen LogP contribution in [0.1, 0.15) is 17.2 Å². The summed E-state index contributed by atoms with van der Waals surface area (Å²) in [6.07, 6.45) is 1.56. The molecule has 6 heteroatoms. The SMILES string of the molecule is C=CCN1C(=O)C(=O)/C(=C(/O)c2ccc(Br)cc2)[C@H]1c1ccc(OC)cc1. The summed E-state index contributed by atoms with van der Waals surface area (Å²) in [5.74, 6) is -0.909. The van der Waals surface area contributed by atoms with E-state index in [9.17, 15) is 14.7 Å². The van der Waals surface area contributed by atoms with Gasteiger partial charge in [-0.15, -0.1) is 6.58 Å². The lowest BCUT2D eigenvalue weighted by atomic mass is 9.95. The van der Waals surface area contributed by atoms with Crippen molar-refractivity contribution in [3.63, 3.8) is 0 Å². The van der Waals surface area contributed by atoms with Crippen molar-refractivity contribution < 1.29 is 19.4 Å². The molecular formula is C21H18BrNO4. The van der Waals surface area contributed by atoms with E-state index in [-0.39, 0.29) is 17.9 Å². The Morgan fingerprint density at radius 3 is 2.37 bits per heavy atom. The van der Waals surface area contributed by atoms with Crippen LogP contribution in [0, 0.1) is 0 Å². The fourth-order valence-electron chi connectivity index (χ4n) is 3.10. The molecule has 0 radical (unpaired) electrons. The number of ether oxygens (including phenoxy) is 1. The van der Waals surface area contributed by atoms with E-state index in [1.807, 2.05) is 0 Å². The predicted octanol–water partition coefficient (Wildman–Crippen LogP) is 4.07. The summed E-state index contributed by atoms with van der Waals surface area (Å²) < 4.78 is 6.02. The van der Waals surface area contributed by atoms with Gasteiger partial charge in [0.05, 0.1) is 18.7 Å². The Hall–Kier alpha value is -2.86. The van der Waals surface area contributed by atoms with Crippen molar-refractivity contribution in [2.75, 3.05) is 13.7 Å². The van der Waals surface area contributed by atoms with E-state index in [1.165, 1.54) is 4.90 Å². The number of carbonyl (C=O) groups is 2. The number of benzene rings is 2. The minimum absolute atomic E-state index is 0.0642. The number of ketones is 1. The average Bonchev–Trinajstić information content (AvgIpc) is 2.93. The highest BCUT2D eigenvalue weighted by Gasteiger charge is 2.45. The standard InChI is InChI=1S/C21H18BrNO4/c1-3-12-23-18(13-6-10-16(27-2)11-7-13)17(20(25)21(23)26)19(24)14-4-8-15(22)9-5-14/h3-11,18,24H,1,12H2,2H3/b19-17+/t18-/m1/s1. The third-order valence-electron chi connectivity index (χ3n) is 4.41. The Kier molecular flexibility index (Phi) is 5.46. The first kappa shape index (κ1) is 18.9. The highest BCUT2D eigenvalue weighted by atomic mass is 79.9. The lowest BCUT2D eigenvalue weighted by Gasteiger charge is -2.24. The molecule has 2 aromatic rings. The van der Waals surface area contributed by atoms with Crippen LogP contribution in [0.15, 0.2) is 71.2 Å². The van der Waals surface area contributed by atoms with E-state index >= 15 is 0 Å². The molecule has 1 atom stereocenters. The maximum atomic E-state index is 12.7. The number of hydrogen-bond donors (Lipinski definition) is 1. The van der Waals surface area contributed by atoms with E-state index in [0.29, 0.717) is 16.9 Å². The highest BCUT2D eigenvalue weighted by Crippen LogP contribution is 2.39. The quantitative estimate of drug-likeness (QED) is 0.338. The molecule has 1 heterocycles. The third kappa shape index (κ3) is 3.53. The normalized spacial score (nSPS) is 18.6. The number of halogens is 1. The molecule has 0 saturated carbocycles. The predicted molar refractivity (Wildman–Crippen MR) is 106 cm³/mol. The monoisotopic (exact) mass is 427 g/mol. The number of likely N-dealkylation sites (tertiary alicyclic amines) is 1. The van der Waals surface area contributed by atoms with Crippen LogP contribution in [0.5, 0.6) is 5.75 Å². The second kappa shape index (κ2) is 7.80. The van der Waals surface area contributed by atoms with Gasteiger partial charge in [0.25, 0.3) is 11.7 Å². The van der Waals surface area contributed by atoms with Crippen molar-refractivity contribution >= 4 is 33.4 Å². The first-order valence-electron chi connectivity index (χ1n) is 8.27. The van der Waals surface area contributed by atoms with E-state index in [1.54, 1.807) is 61.7 Å².